The standard InChI is InChI=1S/C19H20N4O3S/c1-4-23-17(16-9-6-10-26-16)21-22-19(23)27-13(3)18(25)20-15-8-5-7-14(11-15)12(2)24/h5-11,13H,4H2,1-3H3,(H,20,25)/t13-/m1/s1. The van der Waals surface area contributed by atoms with Crippen LogP contribution in [0, 0.1) is 0 Å². The molecule has 0 radical (unpaired) electrons. The molecule has 0 saturated heterocycles. The van der Waals surface area contributed by atoms with Crippen LogP contribution in [0.15, 0.2) is 52.2 Å². The topological polar surface area (TPSA) is 90.0 Å². The summed E-state index contributed by atoms with van der Waals surface area (Å²) in [6.07, 6.45) is 1.59. The average Bonchev–Trinajstić information content (AvgIpc) is 3.31. The Bertz CT molecular complexity index is 950. The van der Waals surface area contributed by atoms with Crippen molar-refractivity contribution >= 4 is 29.1 Å². The number of nitrogens with zero attached hydrogens (tertiary/aromatic N) is 3. The number of aromatic nitrogens is 3. The van der Waals surface area contributed by atoms with E-state index in [0.29, 0.717) is 34.5 Å². The number of furan rings is 1. The molecule has 0 bridgehead atoms. The first-order valence-corrected chi connectivity index (χ1v) is 9.43. The van der Waals surface area contributed by atoms with Crippen LogP contribution >= 0.6 is 11.8 Å². The molecule has 0 spiro atoms. The second-order valence-electron chi connectivity index (χ2n) is 5.91. The third kappa shape index (κ3) is 4.28. The Morgan fingerprint density at radius 1 is 1.26 bits per heavy atom. The number of carbonyl (C=O) groups excluding carboxylic acids is 2. The number of ketones is 1. The van der Waals surface area contributed by atoms with Crippen molar-refractivity contribution in [2.45, 2.75) is 37.7 Å². The molecular formula is C19H20N4O3S. The van der Waals surface area contributed by atoms with Crippen LogP contribution < -0.4 is 5.32 Å². The number of rotatable bonds is 7. The number of carbonyl (C=O) groups is 2. The zero-order valence-electron chi connectivity index (χ0n) is 15.3. The molecule has 3 rings (SSSR count). The largest absolute Gasteiger partial charge is 0.461 e. The van der Waals surface area contributed by atoms with Crippen molar-refractivity contribution in [2.75, 3.05) is 5.32 Å². The van der Waals surface area contributed by atoms with E-state index < -0.39 is 5.25 Å². The lowest BCUT2D eigenvalue weighted by molar-refractivity contribution is -0.115. The molecule has 140 valence electrons. The van der Waals surface area contributed by atoms with Crippen molar-refractivity contribution in [1.82, 2.24) is 14.8 Å². The molecular weight excluding hydrogens is 364 g/mol. The molecule has 1 aromatic carbocycles. The number of amides is 1. The van der Waals surface area contributed by atoms with Gasteiger partial charge in [0.1, 0.15) is 0 Å². The average molecular weight is 384 g/mol. The van der Waals surface area contributed by atoms with Crippen LogP contribution in [0.3, 0.4) is 0 Å². The summed E-state index contributed by atoms with van der Waals surface area (Å²) in [7, 11) is 0. The van der Waals surface area contributed by atoms with E-state index in [1.165, 1.54) is 18.7 Å². The fourth-order valence-corrected chi connectivity index (χ4v) is 3.43. The van der Waals surface area contributed by atoms with Crippen LogP contribution in [0.2, 0.25) is 0 Å². The Balaban J connectivity index is 1.72. The van der Waals surface area contributed by atoms with Crippen molar-refractivity contribution in [3.05, 3.63) is 48.2 Å². The first-order valence-electron chi connectivity index (χ1n) is 8.55. The van der Waals surface area contributed by atoms with Crippen LogP contribution in [0.25, 0.3) is 11.6 Å². The van der Waals surface area contributed by atoms with E-state index in [0.717, 1.165) is 0 Å². The molecule has 1 amide bonds. The number of hydrogen-bond donors (Lipinski definition) is 1. The van der Waals surface area contributed by atoms with Gasteiger partial charge in [0.15, 0.2) is 22.5 Å². The summed E-state index contributed by atoms with van der Waals surface area (Å²) in [4.78, 5) is 24.0. The fraction of sp³-hybridized carbons (Fsp3) is 0.263. The predicted octanol–water partition coefficient (Wildman–Crippen LogP) is 3.88. The van der Waals surface area contributed by atoms with Gasteiger partial charge in [-0.25, -0.2) is 0 Å². The Kier molecular flexibility index (Phi) is 5.75. The molecule has 0 fully saturated rings. The third-order valence-corrected chi connectivity index (χ3v) is 5.04. The highest BCUT2D eigenvalue weighted by Crippen LogP contribution is 2.27. The van der Waals surface area contributed by atoms with Gasteiger partial charge in [0.05, 0.1) is 11.5 Å². The minimum Gasteiger partial charge on any atom is -0.461 e. The second kappa shape index (κ2) is 8.22. The number of thioether (sulfide) groups is 1. The van der Waals surface area contributed by atoms with Gasteiger partial charge in [-0.15, -0.1) is 10.2 Å². The number of hydrogen-bond acceptors (Lipinski definition) is 6. The smallest absolute Gasteiger partial charge is 0.237 e. The van der Waals surface area contributed by atoms with Gasteiger partial charge in [-0.3, -0.25) is 14.2 Å². The lowest BCUT2D eigenvalue weighted by atomic mass is 10.1. The minimum absolute atomic E-state index is 0.0463. The lowest BCUT2D eigenvalue weighted by Gasteiger charge is -2.13. The highest BCUT2D eigenvalue weighted by molar-refractivity contribution is 8.00. The van der Waals surface area contributed by atoms with Crippen molar-refractivity contribution in [3.8, 4) is 11.6 Å². The molecule has 0 aliphatic carbocycles. The second-order valence-corrected chi connectivity index (χ2v) is 7.22. The Labute approximate surface area is 161 Å². The SMILES string of the molecule is CCn1c(S[C@H](C)C(=O)Nc2cccc(C(C)=O)c2)nnc1-c1ccco1. The molecule has 3 aromatic rings. The fourth-order valence-electron chi connectivity index (χ4n) is 2.52. The monoisotopic (exact) mass is 384 g/mol. The summed E-state index contributed by atoms with van der Waals surface area (Å²) in [5.41, 5.74) is 1.15. The summed E-state index contributed by atoms with van der Waals surface area (Å²) in [5.74, 6) is 1.04. The van der Waals surface area contributed by atoms with E-state index in [4.69, 9.17) is 4.42 Å². The van der Waals surface area contributed by atoms with E-state index in [1.54, 1.807) is 43.5 Å². The maximum Gasteiger partial charge on any atom is 0.237 e. The van der Waals surface area contributed by atoms with Crippen molar-refractivity contribution in [1.29, 1.82) is 0 Å². The Morgan fingerprint density at radius 2 is 2.07 bits per heavy atom. The van der Waals surface area contributed by atoms with Gasteiger partial charge in [0, 0.05) is 17.8 Å². The van der Waals surface area contributed by atoms with Gasteiger partial charge in [-0.2, -0.15) is 0 Å². The van der Waals surface area contributed by atoms with E-state index in [2.05, 4.69) is 15.5 Å². The molecule has 7 nitrogen and oxygen atoms in total. The number of benzene rings is 1. The molecule has 0 aliphatic rings. The van der Waals surface area contributed by atoms with Crippen molar-refractivity contribution in [3.63, 3.8) is 0 Å². The first-order chi connectivity index (χ1) is 13.0. The zero-order valence-corrected chi connectivity index (χ0v) is 16.1. The summed E-state index contributed by atoms with van der Waals surface area (Å²) >= 11 is 1.32. The normalized spacial score (nSPS) is 12.0. The van der Waals surface area contributed by atoms with Gasteiger partial charge in [-0.05, 0) is 45.0 Å². The van der Waals surface area contributed by atoms with Crippen LogP contribution in [-0.4, -0.2) is 31.7 Å². The third-order valence-electron chi connectivity index (χ3n) is 3.96. The van der Waals surface area contributed by atoms with Crippen LogP contribution in [0.5, 0.6) is 0 Å². The quantitative estimate of drug-likeness (QED) is 0.491. The molecule has 1 atom stereocenters. The van der Waals surface area contributed by atoms with Gasteiger partial charge in [0.25, 0.3) is 0 Å². The Morgan fingerprint density at radius 3 is 2.74 bits per heavy atom. The molecule has 2 heterocycles. The first kappa shape index (κ1) is 18.9. The molecule has 8 heteroatoms. The van der Waals surface area contributed by atoms with Gasteiger partial charge in [0.2, 0.25) is 5.91 Å². The lowest BCUT2D eigenvalue weighted by Crippen LogP contribution is -2.23. The molecule has 1 N–H and O–H groups in total. The van der Waals surface area contributed by atoms with E-state index in [1.807, 2.05) is 17.6 Å². The van der Waals surface area contributed by atoms with Crippen LogP contribution in [0.1, 0.15) is 31.1 Å². The van der Waals surface area contributed by atoms with E-state index in [-0.39, 0.29) is 11.7 Å². The number of Topliss-reactive ketones (excluding diaryl/α,β-unsaturated/α-hetero) is 1. The molecule has 27 heavy (non-hydrogen) atoms. The molecule has 0 saturated carbocycles. The predicted molar refractivity (Wildman–Crippen MR) is 104 cm³/mol. The van der Waals surface area contributed by atoms with Crippen molar-refractivity contribution in [2.24, 2.45) is 0 Å². The van der Waals surface area contributed by atoms with E-state index >= 15 is 0 Å². The van der Waals surface area contributed by atoms with Crippen LogP contribution in [0.4, 0.5) is 5.69 Å². The van der Waals surface area contributed by atoms with Gasteiger partial charge in [-0.1, -0.05) is 23.9 Å². The summed E-state index contributed by atoms with van der Waals surface area (Å²) in [5, 5.41) is 11.5. The molecule has 0 unspecified atom stereocenters. The zero-order chi connectivity index (χ0) is 19.4. The summed E-state index contributed by atoms with van der Waals surface area (Å²) in [6, 6.07) is 10.5. The summed E-state index contributed by atoms with van der Waals surface area (Å²) in [6.45, 7) is 5.93. The molecule has 0 aliphatic heterocycles. The van der Waals surface area contributed by atoms with E-state index in [9.17, 15) is 9.59 Å². The molecule has 2 aromatic heterocycles. The minimum atomic E-state index is -0.398. The summed E-state index contributed by atoms with van der Waals surface area (Å²) < 4.78 is 7.30. The highest BCUT2D eigenvalue weighted by Gasteiger charge is 2.21. The maximum absolute atomic E-state index is 12.5. The van der Waals surface area contributed by atoms with Gasteiger partial charge >= 0.3 is 0 Å². The van der Waals surface area contributed by atoms with Gasteiger partial charge < -0.3 is 9.73 Å². The Hall–Kier alpha value is -2.87. The maximum atomic E-state index is 12.5. The van der Waals surface area contributed by atoms with Crippen LogP contribution in [-0.2, 0) is 11.3 Å². The highest BCUT2D eigenvalue weighted by atomic mass is 32.2. The number of nitrogens with one attached hydrogen (secondary N) is 1. The van der Waals surface area contributed by atoms with Crippen molar-refractivity contribution < 1.29 is 14.0 Å². The number of anilines is 1.